The van der Waals surface area contributed by atoms with E-state index in [1.807, 2.05) is 0 Å². The van der Waals surface area contributed by atoms with E-state index in [0.29, 0.717) is 0 Å². The normalized spacial score (nSPS) is 11.6. The van der Waals surface area contributed by atoms with E-state index in [0.717, 1.165) is 4.90 Å². The summed E-state index contributed by atoms with van der Waals surface area (Å²) in [6.45, 7) is 0.695. The Morgan fingerprint density at radius 1 is 1.24 bits per heavy atom. The van der Waals surface area contributed by atoms with Crippen molar-refractivity contribution in [3.8, 4) is 0 Å². The average Bonchev–Trinajstić information content (AvgIpc) is 2.19. The minimum absolute atomic E-state index is 0.168. The molecule has 0 aromatic heterocycles. The predicted molar refractivity (Wildman–Crippen MR) is 64.8 cm³/mol. The van der Waals surface area contributed by atoms with Crippen LogP contribution in [0.1, 0.15) is 6.92 Å². The molecule has 0 radical (unpaired) electrons. The van der Waals surface area contributed by atoms with Gasteiger partial charge in [-0.05, 0) is 19.1 Å². The molecule has 2 N–H and O–H groups in total. The van der Waals surface area contributed by atoms with Crippen LogP contribution in [0.25, 0.3) is 0 Å². The average molecular weight is 287 g/mol. The van der Waals surface area contributed by atoms with Crippen LogP contribution in [0, 0.1) is 0 Å². The Labute approximate surface area is 107 Å². The van der Waals surface area contributed by atoms with Crippen LogP contribution in [-0.2, 0) is 0 Å². The molecule has 2 nitrogen and oxygen atoms in total. The Morgan fingerprint density at radius 3 is 2.24 bits per heavy atom. The molecule has 0 saturated carbocycles. The van der Waals surface area contributed by atoms with Gasteiger partial charge in [0, 0.05) is 6.54 Å². The van der Waals surface area contributed by atoms with Crippen LogP contribution < -0.4 is 10.6 Å². The lowest BCUT2D eigenvalue weighted by Gasteiger charge is -2.26. The van der Waals surface area contributed by atoms with Gasteiger partial charge in [0.15, 0.2) is 0 Å². The number of benzene rings is 1. The first-order valence-corrected chi connectivity index (χ1v) is 5.56. The van der Waals surface area contributed by atoms with E-state index in [9.17, 15) is 13.2 Å². The Kier molecular flexibility index (Phi) is 4.38. The summed E-state index contributed by atoms with van der Waals surface area (Å²) >= 11 is 11.5. The molecule has 0 spiro atoms. The van der Waals surface area contributed by atoms with E-state index in [-0.39, 0.29) is 28.0 Å². The van der Waals surface area contributed by atoms with E-state index in [1.165, 1.54) is 12.1 Å². The molecule has 17 heavy (non-hydrogen) atoms. The second-order valence-corrected chi connectivity index (χ2v) is 4.27. The van der Waals surface area contributed by atoms with Crippen LogP contribution >= 0.6 is 23.2 Å². The largest absolute Gasteiger partial charge is 0.405 e. The molecule has 0 amide bonds. The van der Waals surface area contributed by atoms with Crippen molar-refractivity contribution in [2.45, 2.75) is 13.1 Å². The minimum atomic E-state index is -4.30. The fraction of sp³-hybridized carbons (Fsp3) is 0.400. The van der Waals surface area contributed by atoms with Crippen molar-refractivity contribution in [1.29, 1.82) is 0 Å². The van der Waals surface area contributed by atoms with Gasteiger partial charge in [0.05, 0.1) is 21.4 Å². The number of anilines is 2. The molecule has 1 aromatic carbocycles. The topological polar surface area (TPSA) is 29.3 Å². The van der Waals surface area contributed by atoms with Crippen LogP contribution in [0.2, 0.25) is 10.0 Å². The summed E-state index contributed by atoms with van der Waals surface area (Å²) in [5.41, 5.74) is 6.04. The van der Waals surface area contributed by atoms with Gasteiger partial charge in [0.1, 0.15) is 6.54 Å². The predicted octanol–water partition coefficient (Wildman–Crippen LogP) is 3.96. The van der Waals surface area contributed by atoms with Crippen molar-refractivity contribution in [1.82, 2.24) is 0 Å². The zero-order valence-electron chi connectivity index (χ0n) is 8.98. The Bertz CT molecular complexity index is 407. The third-order valence-corrected chi connectivity index (χ3v) is 2.88. The Balaban J connectivity index is 3.08. The molecule has 0 aliphatic heterocycles. The molecule has 1 rings (SSSR count). The number of nitrogens with two attached hydrogens (primary N) is 1. The van der Waals surface area contributed by atoms with Crippen molar-refractivity contribution in [2.75, 3.05) is 23.7 Å². The molecular formula is C10H11Cl2F3N2. The summed E-state index contributed by atoms with van der Waals surface area (Å²) in [6.07, 6.45) is -4.30. The van der Waals surface area contributed by atoms with E-state index < -0.39 is 12.7 Å². The van der Waals surface area contributed by atoms with Crippen LogP contribution in [-0.4, -0.2) is 19.3 Å². The van der Waals surface area contributed by atoms with Crippen LogP contribution in [0.4, 0.5) is 24.5 Å². The highest BCUT2D eigenvalue weighted by molar-refractivity contribution is 6.42. The maximum absolute atomic E-state index is 12.3. The van der Waals surface area contributed by atoms with E-state index in [2.05, 4.69) is 0 Å². The highest BCUT2D eigenvalue weighted by Crippen LogP contribution is 2.34. The van der Waals surface area contributed by atoms with Crippen LogP contribution in [0.3, 0.4) is 0 Å². The fourth-order valence-electron chi connectivity index (χ4n) is 1.41. The molecule has 0 atom stereocenters. The first-order chi connectivity index (χ1) is 7.74. The molecule has 0 aliphatic rings. The third kappa shape index (κ3) is 3.85. The number of alkyl halides is 3. The van der Waals surface area contributed by atoms with Gasteiger partial charge < -0.3 is 10.6 Å². The van der Waals surface area contributed by atoms with E-state index in [4.69, 9.17) is 28.9 Å². The first-order valence-electron chi connectivity index (χ1n) is 4.81. The summed E-state index contributed by atoms with van der Waals surface area (Å²) in [5.74, 6) is 0. The van der Waals surface area contributed by atoms with Crippen molar-refractivity contribution in [2.24, 2.45) is 0 Å². The van der Waals surface area contributed by atoms with Gasteiger partial charge in [-0.2, -0.15) is 13.2 Å². The second kappa shape index (κ2) is 5.23. The molecule has 0 saturated heterocycles. The summed E-state index contributed by atoms with van der Waals surface area (Å²) in [7, 11) is 0. The SMILES string of the molecule is CCN(CC(F)(F)F)c1cc(Cl)c(Cl)cc1N. The zero-order valence-corrected chi connectivity index (χ0v) is 10.5. The molecule has 96 valence electrons. The van der Waals surface area contributed by atoms with Gasteiger partial charge in [-0.1, -0.05) is 23.2 Å². The lowest BCUT2D eigenvalue weighted by molar-refractivity contribution is -0.119. The van der Waals surface area contributed by atoms with E-state index >= 15 is 0 Å². The van der Waals surface area contributed by atoms with Crippen LogP contribution in [0.15, 0.2) is 12.1 Å². The van der Waals surface area contributed by atoms with Gasteiger partial charge in [0.2, 0.25) is 0 Å². The molecule has 0 heterocycles. The third-order valence-electron chi connectivity index (χ3n) is 2.16. The highest BCUT2D eigenvalue weighted by atomic mass is 35.5. The lowest BCUT2D eigenvalue weighted by Crippen LogP contribution is -2.34. The standard InChI is InChI=1S/C10H11Cl2F3N2/c1-2-17(5-10(13,14)15)9-4-7(12)6(11)3-8(9)16/h3-4H,2,5,16H2,1H3. The number of nitrogen functional groups attached to an aromatic ring is 1. The Hall–Kier alpha value is -0.810. The quantitative estimate of drug-likeness (QED) is 0.852. The zero-order chi connectivity index (χ0) is 13.2. The fourth-order valence-corrected chi connectivity index (χ4v) is 1.74. The summed E-state index contributed by atoms with van der Waals surface area (Å²) in [5, 5.41) is 0.396. The monoisotopic (exact) mass is 286 g/mol. The van der Waals surface area contributed by atoms with Crippen LogP contribution in [0.5, 0.6) is 0 Å². The molecule has 0 unspecified atom stereocenters. The van der Waals surface area contributed by atoms with Gasteiger partial charge >= 0.3 is 6.18 Å². The maximum atomic E-state index is 12.3. The molecule has 0 fully saturated rings. The number of hydrogen-bond acceptors (Lipinski definition) is 2. The maximum Gasteiger partial charge on any atom is 0.405 e. The lowest BCUT2D eigenvalue weighted by atomic mass is 10.2. The summed E-state index contributed by atoms with van der Waals surface area (Å²) in [4.78, 5) is 1.09. The molecular weight excluding hydrogens is 276 g/mol. The summed E-state index contributed by atoms with van der Waals surface area (Å²) in [6, 6.07) is 2.69. The van der Waals surface area contributed by atoms with E-state index in [1.54, 1.807) is 6.92 Å². The first kappa shape index (κ1) is 14.3. The second-order valence-electron chi connectivity index (χ2n) is 3.45. The molecule has 0 bridgehead atoms. The van der Waals surface area contributed by atoms with Crippen molar-refractivity contribution in [3.05, 3.63) is 22.2 Å². The smallest absolute Gasteiger partial charge is 0.397 e. The molecule has 0 aliphatic carbocycles. The van der Waals surface area contributed by atoms with Gasteiger partial charge in [-0.15, -0.1) is 0 Å². The number of rotatable bonds is 3. The van der Waals surface area contributed by atoms with Crippen molar-refractivity contribution < 1.29 is 13.2 Å². The highest BCUT2D eigenvalue weighted by Gasteiger charge is 2.31. The van der Waals surface area contributed by atoms with Crippen molar-refractivity contribution >= 4 is 34.6 Å². The molecule has 1 aromatic rings. The van der Waals surface area contributed by atoms with Gasteiger partial charge in [0.25, 0.3) is 0 Å². The number of hydrogen-bond donors (Lipinski definition) is 1. The Morgan fingerprint density at radius 2 is 1.76 bits per heavy atom. The van der Waals surface area contributed by atoms with Crippen molar-refractivity contribution in [3.63, 3.8) is 0 Å². The number of halogens is 5. The number of nitrogens with zero attached hydrogens (tertiary/aromatic N) is 1. The van der Waals surface area contributed by atoms with Gasteiger partial charge in [-0.25, -0.2) is 0 Å². The minimum Gasteiger partial charge on any atom is -0.397 e. The summed E-state index contributed by atoms with van der Waals surface area (Å²) < 4.78 is 37.0. The van der Waals surface area contributed by atoms with Gasteiger partial charge in [-0.3, -0.25) is 0 Å². The molecule has 7 heteroatoms.